The molecular formula is C16H12Cl2N4S. The van der Waals surface area contributed by atoms with E-state index < -0.39 is 0 Å². The molecule has 0 amide bonds. The van der Waals surface area contributed by atoms with Gasteiger partial charge in [0.2, 0.25) is 5.16 Å². The third-order valence-corrected chi connectivity index (χ3v) is 4.69. The summed E-state index contributed by atoms with van der Waals surface area (Å²) in [5.74, 6) is 0.794. The molecule has 0 N–H and O–H groups in total. The van der Waals surface area contributed by atoms with E-state index in [1.165, 1.54) is 5.56 Å². The molecule has 0 saturated carbocycles. The monoisotopic (exact) mass is 362 g/mol. The fourth-order valence-electron chi connectivity index (χ4n) is 1.87. The summed E-state index contributed by atoms with van der Waals surface area (Å²) < 4.78 is 1.60. The molecule has 23 heavy (non-hydrogen) atoms. The van der Waals surface area contributed by atoms with Crippen LogP contribution in [0.5, 0.6) is 0 Å². The van der Waals surface area contributed by atoms with Crippen molar-refractivity contribution in [2.75, 3.05) is 0 Å². The quantitative estimate of drug-likeness (QED) is 0.485. The lowest BCUT2D eigenvalue weighted by Gasteiger charge is -2.02. The lowest BCUT2D eigenvalue weighted by atomic mass is 10.2. The molecule has 1 heterocycles. The van der Waals surface area contributed by atoms with Crippen molar-refractivity contribution in [3.05, 3.63) is 76.0 Å². The minimum Gasteiger partial charge on any atom is -0.195 e. The maximum Gasteiger partial charge on any atom is 0.212 e. The highest BCUT2D eigenvalue weighted by atomic mass is 35.5. The molecule has 0 aliphatic rings. The van der Waals surface area contributed by atoms with Crippen molar-refractivity contribution in [3.63, 3.8) is 0 Å². The third kappa shape index (κ3) is 4.13. The minimum absolute atomic E-state index is 0.549. The molecule has 0 bridgehead atoms. The third-order valence-electron chi connectivity index (χ3n) is 3.02. The van der Waals surface area contributed by atoms with Crippen LogP contribution in [0.3, 0.4) is 0 Å². The maximum absolute atomic E-state index is 6.13. The Balaban J connectivity index is 1.75. The first kappa shape index (κ1) is 16.1. The van der Waals surface area contributed by atoms with Gasteiger partial charge in [-0.25, -0.2) is 0 Å². The van der Waals surface area contributed by atoms with Crippen LogP contribution >= 0.6 is 35.0 Å². The van der Waals surface area contributed by atoms with Gasteiger partial charge in [-0.05, 0) is 17.7 Å². The largest absolute Gasteiger partial charge is 0.212 e. The number of aromatic nitrogens is 3. The Bertz CT molecular complexity index is 798. The van der Waals surface area contributed by atoms with Crippen molar-refractivity contribution in [1.29, 1.82) is 0 Å². The van der Waals surface area contributed by atoms with E-state index >= 15 is 0 Å². The van der Waals surface area contributed by atoms with Gasteiger partial charge in [0, 0.05) is 11.3 Å². The molecule has 0 aliphatic heterocycles. The average molecular weight is 363 g/mol. The van der Waals surface area contributed by atoms with Gasteiger partial charge >= 0.3 is 0 Å². The molecule has 1 aromatic heterocycles. The van der Waals surface area contributed by atoms with Gasteiger partial charge in [-0.2, -0.15) is 9.78 Å². The predicted octanol–water partition coefficient (Wildman–Crippen LogP) is 4.76. The van der Waals surface area contributed by atoms with E-state index in [-0.39, 0.29) is 0 Å². The lowest BCUT2D eigenvalue weighted by Crippen LogP contribution is -1.94. The van der Waals surface area contributed by atoms with Gasteiger partial charge < -0.3 is 0 Å². The standard InChI is InChI=1S/C16H12Cl2N4S/c17-14-7-4-8-15(18)13(14)9-20-22-11-19-21-16(22)23-10-12-5-2-1-3-6-12/h1-9,11H,10H2/b20-9+. The number of halogens is 2. The van der Waals surface area contributed by atoms with E-state index in [2.05, 4.69) is 27.4 Å². The zero-order valence-corrected chi connectivity index (χ0v) is 14.3. The van der Waals surface area contributed by atoms with Gasteiger partial charge in [0.1, 0.15) is 6.33 Å². The number of hydrogen-bond donors (Lipinski definition) is 0. The average Bonchev–Trinajstić information content (AvgIpc) is 3.01. The fourth-order valence-corrected chi connectivity index (χ4v) is 3.18. The molecular weight excluding hydrogens is 351 g/mol. The Hall–Kier alpha value is -1.82. The van der Waals surface area contributed by atoms with Gasteiger partial charge in [0.15, 0.2) is 0 Å². The molecule has 0 radical (unpaired) electrons. The number of nitrogens with zero attached hydrogens (tertiary/aromatic N) is 4. The van der Waals surface area contributed by atoms with Crippen LogP contribution < -0.4 is 0 Å². The molecule has 0 atom stereocenters. The van der Waals surface area contributed by atoms with E-state index in [0.717, 1.165) is 5.75 Å². The summed E-state index contributed by atoms with van der Waals surface area (Å²) in [4.78, 5) is 0. The highest BCUT2D eigenvalue weighted by molar-refractivity contribution is 7.98. The normalized spacial score (nSPS) is 11.2. The first-order valence-corrected chi connectivity index (χ1v) is 8.53. The topological polar surface area (TPSA) is 43.1 Å². The molecule has 0 fully saturated rings. The molecule has 4 nitrogen and oxygen atoms in total. The zero-order chi connectivity index (χ0) is 16.1. The summed E-state index contributed by atoms with van der Waals surface area (Å²) >= 11 is 13.8. The Morgan fingerprint density at radius 1 is 1.04 bits per heavy atom. The van der Waals surface area contributed by atoms with Crippen LogP contribution in [0.2, 0.25) is 10.0 Å². The molecule has 7 heteroatoms. The Morgan fingerprint density at radius 2 is 1.78 bits per heavy atom. The summed E-state index contributed by atoms with van der Waals surface area (Å²) in [5, 5.41) is 14.1. The SMILES string of the molecule is Clc1cccc(Cl)c1/C=N/n1cnnc1SCc1ccccc1. The van der Waals surface area contributed by atoms with E-state index in [9.17, 15) is 0 Å². The van der Waals surface area contributed by atoms with Gasteiger partial charge in [-0.15, -0.1) is 10.2 Å². The fraction of sp³-hybridized carbons (Fsp3) is 0.0625. The summed E-state index contributed by atoms with van der Waals surface area (Å²) in [6.45, 7) is 0. The van der Waals surface area contributed by atoms with Crippen molar-refractivity contribution in [2.24, 2.45) is 5.10 Å². The number of thioether (sulfide) groups is 1. The minimum atomic E-state index is 0.549. The second kappa shape index (κ2) is 7.64. The van der Waals surface area contributed by atoms with Crippen molar-refractivity contribution in [2.45, 2.75) is 10.9 Å². The summed E-state index contributed by atoms with van der Waals surface area (Å²) in [5.41, 5.74) is 1.88. The molecule has 0 unspecified atom stereocenters. The molecule has 3 aromatic rings. The first-order chi connectivity index (χ1) is 11.2. The summed E-state index contributed by atoms with van der Waals surface area (Å²) in [6, 6.07) is 15.5. The number of rotatable bonds is 5. The van der Waals surface area contributed by atoms with E-state index in [0.29, 0.717) is 20.8 Å². The highest BCUT2D eigenvalue weighted by Gasteiger charge is 2.06. The van der Waals surface area contributed by atoms with E-state index in [1.807, 2.05) is 18.2 Å². The van der Waals surface area contributed by atoms with E-state index in [1.54, 1.807) is 47.2 Å². The van der Waals surface area contributed by atoms with Crippen molar-refractivity contribution in [3.8, 4) is 0 Å². The van der Waals surface area contributed by atoms with Crippen LogP contribution in [-0.2, 0) is 5.75 Å². The van der Waals surface area contributed by atoms with Gasteiger partial charge in [0.25, 0.3) is 0 Å². The molecule has 0 spiro atoms. The van der Waals surface area contributed by atoms with Crippen LogP contribution in [-0.4, -0.2) is 21.1 Å². The van der Waals surface area contributed by atoms with Crippen LogP contribution in [0.1, 0.15) is 11.1 Å². The maximum atomic E-state index is 6.13. The van der Waals surface area contributed by atoms with Gasteiger partial charge in [-0.3, -0.25) is 0 Å². The highest BCUT2D eigenvalue weighted by Crippen LogP contribution is 2.23. The lowest BCUT2D eigenvalue weighted by molar-refractivity contribution is 0.767. The van der Waals surface area contributed by atoms with E-state index in [4.69, 9.17) is 23.2 Å². The Labute approximate surface area is 148 Å². The summed E-state index contributed by atoms with van der Waals surface area (Å²) in [6.07, 6.45) is 3.16. The van der Waals surface area contributed by atoms with Gasteiger partial charge in [-0.1, -0.05) is 71.4 Å². The Morgan fingerprint density at radius 3 is 2.52 bits per heavy atom. The van der Waals surface area contributed by atoms with Crippen LogP contribution in [0, 0.1) is 0 Å². The van der Waals surface area contributed by atoms with Gasteiger partial charge in [0.05, 0.1) is 16.3 Å². The van der Waals surface area contributed by atoms with Crippen molar-refractivity contribution in [1.82, 2.24) is 14.9 Å². The van der Waals surface area contributed by atoms with Crippen molar-refractivity contribution < 1.29 is 0 Å². The van der Waals surface area contributed by atoms with Crippen LogP contribution in [0.15, 0.2) is 65.1 Å². The molecule has 116 valence electrons. The number of benzene rings is 2. The van der Waals surface area contributed by atoms with Crippen LogP contribution in [0.25, 0.3) is 0 Å². The summed E-state index contributed by atoms with van der Waals surface area (Å²) in [7, 11) is 0. The second-order valence-corrected chi connectivity index (χ2v) is 6.37. The second-order valence-electron chi connectivity index (χ2n) is 4.61. The smallest absolute Gasteiger partial charge is 0.195 e. The first-order valence-electron chi connectivity index (χ1n) is 6.79. The van der Waals surface area contributed by atoms with Crippen LogP contribution in [0.4, 0.5) is 0 Å². The molecule has 0 aliphatic carbocycles. The number of hydrogen-bond acceptors (Lipinski definition) is 4. The van der Waals surface area contributed by atoms with Crippen molar-refractivity contribution >= 4 is 41.2 Å². The molecule has 3 rings (SSSR count). The molecule has 2 aromatic carbocycles. The zero-order valence-electron chi connectivity index (χ0n) is 11.9. The Kier molecular flexibility index (Phi) is 5.33. The molecule has 0 saturated heterocycles. The predicted molar refractivity (Wildman–Crippen MR) is 95.5 cm³/mol.